The molecule has 0 aliphatic carbocycles. The molecule has 0 aromatic rings. The van der Waals surface area contributed by atoms with E-state index in [2.05, 4.69) is 19.2 Å². The van der Waals surface area contributed by atoms with Gasteiger partial charge >= 0.3 is 0 Å². The zero-order valence-corrected chi connectivity index (χ0v) is 9.76. The quantitative estimate of drug-likeness (QED) is 0.685. The molecule has 0 aromatic carbocycles. The number of hydrogen-bond donors (Lipinski definition) is 2. The van der Waals surface area contributed by atoms with Crippen LogP contribution in [0.3, 0.4) is 0 Å². The Morgan fingerprint density at radius 1 is 1.43 bits per heavy atom. The molecule has 3 nitrogen and oxygen atoms in total. The third kappa shape index (κ3) is 6.89. The molecule has 0 spiro atoms. The number of aliphatic hydroxyl groups is 1. The number of carbonyl (C=O) groups is 1. The van der Waals surface area contributed by atoms with Crippen molar-refractivity contribution in [2.75, 3.05) is 13.2 Å². The molecule has 0 atom stereocenters. The average molecular weight is 201 g/mol. The molecule has 0 saturated heterocycles. The van der Waals surface area contributed by atoms with Gasteiger partial charge in [0.2, 0.25) is 5.91 Å². The van der Waals surface area contributed by atoms with E-state index in [4.69, 9.17) is 5.11 Å². The SMILES string of the molecule is CC(C)CCC(=O)NCC(C)(C)CO. The molecule has 0 aliphatic heterocycles. The van der Waals surface area contributed by atoms with E-state index in [1.165, 1.54) is 0 Å². The summed E-state index contributed by atoms with van der Waals surface area (Å²) in [5, 5.41) is 11.8. The Hall–Kier alpha value is -0.570. The summed E-state index contributed by atoms with van der Waals surface area (Å²) in [6.45, 7) is 8.69. The van der Waals surface area contributed by atoms with Crippen molar-refractivity contribution in [3.63, 3.8) is 0 Å². The third-order valence-electron chi connectivity index (χ3n) is 2.14. The van der Waals surface area contributed by atoms with Crippen LogP contribution in [0.5, 0.6) is 0 Å². The van der Waals surface area contributed by atoms with Crippen LogP contribution in [0, 0.1) is 11.3 Å². The van der Waals surface area contributed by atoms with Crippen LogP contribution in [0.25, 0.3) is 0 Å². The average Bonchev–Trinajstić information content (AvgIpc) is 2.11. The van der Waals surface area contributed by atoms with Crippen molar-refractivity contribution in [3.05, 3.63) is 0 Å². The molecule has 0 fully saturated rings. The summed E-state index contributed by atoms with van der Waals surface area (Å²) in [7, 11) is 0. The van der Waals surface area contributed by atoms with E-state index in [-0.39, 0.29) is 17.9 Å². The van der Waals surface area contributed by atoms with Crippen LogP contribution in [-0.4, -0.2) is 24.2 Å². The topological polar surface area (TPSA) is 49.3 Å². The molecule has 0 aromatic heterocycles. The molecule has 0 rings (SSSR count). The van der Waals surface area contributed by atoms with Gasteiger partial charge in [0.1, 0.15) is 0 Å². The smallest absolute Gasteiger partial charge is 0.220 e. The Kier molecular flexibility index (Phi) is 5.77. The molecule has 14 heavy (non-hydrogen) atoms. The van der Waals surface area contributed by atoms with Gasteiger partial charge in [-0.15, -0.1) is 0 Å². The minimum absolute atomic E-state index is 0.0835. The maximum Gasteiger partial charge on any atom is 0.220 e. The van der Waals surface area contributed by atoms with Gasteiger partial charge < -0.3 is 10.4 Å². The molecule has 0 unspecified atom stereocenters. The van der Waals surface area contributed by atoms with Gasteiger partial charge in [-0.25, -0.2) is 0 Å². The largest absolute Gasteiger partial charge is 0.396 e. The van der Waals surface area contributed by atoms with Crippen molar-refractivity contribution in [2.24, 2.45) is 11.3 Å². The zero-order chi connectivity index (χ0) is 11.2. The summed E-state index contributed by atoms with van der Waals surface area (Å²) in [5.74, 6) is 0.645. The van der Waals surface area contributed by atoms with Crippen LogP contribution in [0.2, 0.25) is 0 Å². The number of aliphatic hydroxyl groups excluding tert-OH is 1. The fourth-order valence-electron chi connectivity index (χ4n) is 0.902. The maximum absolute atomic E-state index is 11.3. The molecule has 0 bridgehead atoms. The lowest BCUT2D eigenvalue weighted by molar-refractivity contribution is -0.121. The Labute approximate surface area is 86.9 Å². The van der Waals surface area contributed by atoms with Gasteiger partial charge in [0.15, 0.2) is 0 Å². The first-order valence-corrected chi connectivity index (χ1v) is 5.25. The molecule has 0 heterocycles. The zero-order valence-electron chi connectivity index (χ0n) is 9.76. The molecule has 0 aliphatic rings. The van der Waals surface area contributed by atoms with E-state index in [1.54, 1.807) is 0 Å². The minimum Gasteiger partial charge on any atom is -0.396 e. The molecule has 2 N–H and O–H groups in total. The highest BCUT2D eigenvalue weighted by Crippen LogP contribution is 2.11. The summed E-state index contributed by atoms with van der Waals surface area (Å²) in [5.41, 5.74) is -0.215. The van der Waals surface area contributed by atoms with Gasteiger partial charge in [-0.3, -0.25) is 4.79 Å². The number of nitrogens with one attached hydrogen (secondary N) is 1. The van der Waals surface area contributed by atoms with Crippen LogP contribution < -0.4 is 5.32 Å². The van der Waals surface area contributed by atoms with Crippen molar-refractivity contribution in [1.82, 2.24) is 5.32 Å². The van der Waals surface area contributed by atoms with E-state index in [0.29, 0.717) is 18.9 Å². The molecular weight excluding hydrogens is 178 g/mol. The predicted molar refractivity (Wildman–Crippen MR) is 57.9 cm³/mol. The lowest BCUT2D eigenvalue weighted by Crippen LogP contribution is -2.36. The van der Waals surface area contributed by atoms with Crippen molar-refractivity contribution in [2.45, 2.75) is 40.5 Å². The third-order valence-corrected chi connectivity index (χ3v) is 2.14. The number of rotatable bonds is 6. The van der Waals surface area contributed by atoms with Gasteiger partial charge in [-0.1, -0.05) is 27.7 Å². The van der Waals surface area contributed by atoms with Gasteiger partial charge in [0, 0.05) is 25.0 Å². The minimum atomic E-state index is -0.215. The normalized spacial score (nSPS) is 11.9. The van der Waals surface area contributed by atoms with E-state index in [1.807, 2.05) is 13.8 Å². The molecular formula is C11H23NO2. The van der Waals surface area contributed by atoms with Gasteiger partial charge in [0.05, 0.1) is 0 Å². The van der Waals surface area contributed by atoms with Gasteiger partial charge in [-0.2, -0.15) is 0 Å². The van der Waals surface area contributed by atoms with E-state index in [0.717, 1.165) is 6.42 Å². The Morgan fingerprint density at radius 2 is 2.00 bits per heavy atom. The van der Waals surface area contributed by atoms with Crippen LogP contribution in [0.4, 0.5) is 0 Å². The maximum atomic E-state index is 11.3. The van der Waals surface area contributed by atoms with E-state index < -0.39 is 0 Å². The molecule has 0 radical (unpaired) electrons. The fraction of sp³-hybridized carbons (Fsp3) is 0.909. The second-order valence-electron chi connectivity index (χ2n) is 5.03. The Morgan fingerprint density at radius 3 is 2.43 bits per heavy atom. The highest BCUT2D eigenvalue weighted by molar-refractivity contribution is 5.75. The Balaban J connectivity index is 3.64. The van der Waals surface area contributed by atoms with Gasteiger partial charge in [0.25, 0.3) is 0 Å². The lowest BCUT2D eigenvalue weighted by atomic mass is 9.95. The summed E-state index contributed by atoms with van der Waals surface area (Å²) in [6, 6.07) is 0. The van der Waals surface area contributed by atoms with Crippen LogP contribution in [0.15, 0.2) is 0 Å². The van der Waals surface area contributed by atoms with Crippen molar-refractivity contribution in [3.8, 4) is 0 Å². The molecule has 0 saturated carbocycles. The lowest BCUT2D eigenvalue weighted by Gasteiger charge is -2.21. The first-order chi connectivity index (χ1) is 6.37. The second kappa shape index (κ2) is 6.02. The molecule has 3 heteroatoms. The summed E-state index contributed by atoms with van der Waals surface area (Å²) >= 11 is 0. The van der Waals surface area contributed by atoms with Crippen LogP contribution in [-0.2, 0) is 4.79 Å². The standard InChI is InChI=1S/C11H23NO2/c1-9(2)5-6-10(14)12-7-11(3,4)8-13/h9,13H,5-8H2,1-4H3,(H,12,14). The van der Waals surface area contributed by atoms with Crippen LogP contribution >= 0.6 is 0 Å². The number of carbonyl (C=O) groups excluding carboxylic acids is 1. The number of hydrogen-bond acceptors (Lipinski definition) is 2. The highest BCUT2D eigenvalue weighted by Gasteiger charge is 2.17. The first-order valence-electron chi connectivity index (χ1n) is 5.25. The van der Waals surface area contributed by atoms with Crippen molar-refractivity contribution >= 4 is 5.91 Å². The van der Waals surface area contributed by atoms with Crippen molar-refractivity contribution < 1.29 is 9.90 Å². The summed E-state index contributed by atoms with van der Waals surface area (Å²) < 4.78 is 0. The predicted octanol–water partition coefficient (Wildman–Crippen LogP) is 1.56. The van der Waals surface area contributed by atoms with Gasteiger partial charge in [-0.05, 0) is 12.3 Å². The molecule has 1 amide bonds. The molecule has 84 valence electrons. The summed E-state index contributed by atoms with van der Waals surface area (Å²) in [6.07, 6.45) is 1.50. The highest BCUT2D eigenvalue weighted by atomic mass is 16.3. The Bertz CT molecular complexity index is 176. The van der Waals surface area contributed by atoms with Crippen LogP contribution in [0.1, 0.15) is 40.5 Å². The fourth-order valence-corrected chi connectivity index (χ4v) is 0.902. The second-order valence-corrected chi connectivity index (χ2v) is 5.03. The number of amides is 1. The van der Waals surface area contributed by atoms with E-state index in [9.17, 15) is 4.79 Å². The first kappa shape index (κ1) is 13.4. The van der Waals surface area contributed by atoms with E-state index >= 15 is 0 Å². The summed E-state index contributed by atoms with van der Waals surface area (Å²) in [4.78, 5) is 11.3. The van der Waals surface area contributed by atoms with Crippen molar-refractivity contribution in [1.29, 1.82) is 0 Å². The monoisotopic (exact) mass is 201 g/mol.